The third-order valence-electron chi connectivity index (χ3n) is 4.37. The first-order valence-electron chi connectivity index (χ1n) is 7.81. The Labute approximate surface area is 132 Å². The molecule has 23 heavy (non-hydrogen) atoms. The van der Waals surface area contributed by atoms with Gasteiger partial charge in [0.2, 0.25) is 5.95 Å². The summed E-state index contributed by atoms with van der Waals surface area (Å²) in [4.78, 5) is 8.37. The molecule has 0 atom stereocenters. The molecule has 0 bridgehead atoms. The highest BCUT2D eigenvalue weighted by molar-refractivity contribution is 5.54. The molecule has 2 aliphatic carbocycles. The van der Waals surface area contributed by atoms with Gasteiger partial charge in [0.05, 0.1) is 12.3 Å². The van der Waals surface area contributed by atoms with Crippen LogP contribution in [0.25, 0.3) is 0 Å². The van der Waals surface area contributed by atoms with Gasteiger partial charge in [-0.25, -0.2) is 13.8 Å². The third-order valence-corrected chi connectivity index (χ3v) is 4.37. The summed E-state index contributed by atoms with van der Waals surface area (Å²) in [5.74, 6) is -1.96. The lowest BCUT2D eigenvalue weighted by Crippen LogP contribution is -2.44. The lowest BCUT2D eigenvalue weighted by Gasteiger charge is -2.35. The summed E-state index contributed by atoms with van der Waals surface area (Å²) in [6.45, 7) is 0. The smallest absolute Gasteiger partial charge is 0.252 e. The zero-order valence-corrected chi connectivity index (χ0v) is 12.6. The van der Waals surface area contributed by atoms with Gasteiger partial charge in [-0.1, -0.05) is 0 Å². The molecule has 0 saturated heterocycles. The number of aliphatic hydroxyl groups excluding tert-OH is 1. The van der Waals surface area contributed by atoms with E-state index in [9.17, 15) is 13.9 Å². The van der Waals surface area contributed by atoms with Crippen molar-refractivity contribution in [3.05, 3.63) is 11.8 Å². The summed E-state index contributed by atoms with van der Waals surface area (Å²) in [6, 6.07) is 1.77. The summed E-state index contributed by atoms with van der Waals surface area (Å²) < 4.78 is 25.8. The van der Waals surface area contributed by atoms with Crippen LogP contribution in [0.3, 0.4) is 0 Å². The average molecular weight is 323 g/mol. The Kier molecular flexibility index (Phi) is 4.31. The Morgan fingerprint density at radius 3 is 2.48 bits per heavy atom. The topological polar surface area (TPSA) is 93.9 Å². The minimum absolute atomic E-state index is 0.173. The Morgan fingerprint density at radius 2 is 1.87 bits per heavy atom. The van der Waals surface area contributed by atoms with Crippen molar-refractivity contribution in [2.24, 2.45) is 0 Å². The number of aromatic nitrogens is 2. The highest BCUT2D eigenvalue weighted by atomic mass is 19.3. The monoisotopic (exact) mass is 323 g/mol. The number of hydrogen-bond acceptors (Lipinski definition) is 6. The van der Waals surface area contributed by atoms with Crippen LogP contribution in [0.15, 0.2) is 6.20 Å². The normalized spacial score (nSPS) is 26.9. The minimum Gasteiger partial charge on any atom is -0.393 e. The summed E-state index contributed by atoms with van der Waals surface area (Å²) in [7, 11) is 0. The van der Waals surface area contributed by atoms with E-state index in [1.165, 1.54) is 6.20 Å². The predicted octanol–water partition coefficient (Wildman–Crippen LogP) is 2.27. The van der Waals surface area contributed by atoms with Gasteiger partial charge in [-0.05, 0) is 25.7 Å². The van der Waals surface area contributed by atoms with Crippen LogP contribution in [0.1, 0.15) is 44.1 Å². The zero-order valence-electron chi connectivity index (χ0n) is 12.6. The number of halogens is 2. The largest absolute Gasteiger partial charge is 0.393 e. The molecule has 0 aromatic carbocycles. The van der Waals surface area contributed by atoms with Crippen LogP contribution in [0.5, 0.6) is 0 Å². The van der Waals surface area contributed by atoms with Crippen LogP contribution >= 0.6 is 0 Å². The molecule has 124 valence electrons. The van der Waals surface area contributed by atoms with Crippen LogP contribution < -0.4 is 10.6 Å². The van der Waals surface area contributed by atoms with Crippen molar-refractivity contribution < 1.29 is 13.9 Å². The van der Waals surface area contributed by atoms with E-state index in [-0.39, 0.29) is 36.6 Å². The number of aliphatic hydroxyl groups is 1. The first-order chi connectivity index (χ1) is 10.9. The highest BCUT2D eigenvalue weighted by Crippen LogP contribution is 2.39. The number of nitrogens with one attached hydrogen (secondary N) is 2. The Morgan fingerprint density at radius 1 is 1.17 bits per heavy atom. The van der Waals surface area contributed by atoms with Gasteiger partial charge >= 0.3 is 0 Å². The van der Waals surface area contributed by atoms with E-state index in [2.05, 4.69) is 20.6 Å². The van der Waals surface area contributed by atoms with Gasteiger partial charge < -0.3 is 15.7 Å². The molecule has 6 nitrogen and oxygen atoms in total. The SMILES string of the molecule is N#Cc1cnc(N[C@H]2CC[C@H](O)CC2)nc1NC1CC(F)(F)C1. The maximum atomic E-state index is 12.9. The van der Waals surface area contributed by atoms with Crippen LogP contribution in [0.2, 0.25) is 0 Å². The van der Waals surface area contributed by atoms with E-state index in [4.69, 9.17) is 5.26 Å². The zero-order chi connectivity index (χ0) is 16.4. The van der Waals surface area contributed by atoms with Crippen molar-refractivity contribution >= 4 is 11.8 Å². The van der Waals surface area contributed by atoms with Gasteiger partial charge in [0, 0.05) is 24.9 Å². The van der Waals surface area contributed by atoms with E-state index >= 15 is 0 Å². The molecule has 2 fully saturated rings. The molecular formula is C15H19F2N5O. The molecular weight excluding hydrogens is 304 g/mol. The molecule has 8 heteroatoms. The van der Waals surface area contributed by atoms with Crippen LogP contribution in [0, 0.1) is 11.3 Å². The van der Waals surface area contributed by atoms with E-state index < -0.39 is 5.92 Å². The molecule has 1 aromatic heterocycles. The van der Waals surface area contributed by atoms with Crippen molar-refractivity contribution in [1.82, 2.24) is 9.97 Å². The standard InChI is InChI=1S/C15H19F2N5O/c16-15(17)5-11(6-15)20-13-9(7-18)8-19-14(22-13)21-10-1-3-12(23)4-2-10/h8,10-12,23H,1-6H2,(H2,19,20,21,22)/t10-,12-. The number of hydrogen-bond donors (Lipinski definition) is 3. The maximum absolute atomic E-state index is 12.9. The van der Waals surface area contributed by atoms with Crippen LogP contribution in [-0.2, 0) is 0 Å². The summed E-state index contributed by atoms with van der Waals surface area (Å²) in [5, 5.41) is 24.7. The molecule has 3 rings (SSSR count). The van der Waals surface area contributed by atoms with Gasteiger partial charge in [0.15, 0.2) is 0 Å². The highest BCUT2D eigenvalue weighted by Gasteiger charge is 2.45. The minimum atomic E-state index is -2.62. The molecule has 0 spiro atoms. The van der Waals surface area contributed by atoms with Crippen molar-refractivity contribution in [2.45, 2.75) is 62.6 Å². The fraction of sp³-hybridized carbons (Fsp3) is 0.667. The van der Waals surface area contributed by atoms with Gasteiger partial charge in [0.1, 0.15) is 17.5 Å². The van der Waals surface area contributed by atoms with E-state index in [0.29, 0.717) is 11.8 Å². The van der Waals surface area contributed by atoms with E-state index in [1.807, 2.05) is 6.07 Å². The van der Waals surface area contributed by atoms with Crippen LogP contribution in [-0.4, -0.2) is 39.2 Å². The fourth-order valence-electron chi connectivity index (χ4n) is 3.00. The van der Waals surface area contributed by atoms with Crippen molar-refractivity contribution in [2.75, 3.05) is 10.6 Å². The number of nitrogens with zero attached hydrogens (tertiary/aromatic N) is 3. The quantitative estimate of drug-likeness (QED) is 0.787. The second-order valence-electron chi connectivity index (χ2n) is 6.32. The molecule has 0 aliphatic heterocycles. The van der Waals surface area contributed by atoms with Gasteiger partial charge in [-0.3, -0.25) is 0 Å². The Hall–Kier alpha value is -2.01. The predicted molar refractivity (Wildman–Crippen MR) is 80.2 cm³/mol. The maximum Gasteiger partial charge on any atom is 0.252 e. The molecule has 0 amide bonds. The number of nitriles is 1. The summed E-state index contributed by atoms with van der Waals surface area (Å²) >= 11 is 0. The van der Waals surface area contributed by atoms with E-state index in [1.54, 1.807) is 0 Å². The molecule has 0 unspecified atom stereocenters. The first-order valence-corrected chi connectivity index (χ1v) is 7.81. The molecule has 1 aromatic rings. The Bertz CT molecular complexity index is 602. The van der Waals surface area contributed by atoms with Gasteiger partial charge in [0.25, 0.3) is 5.92 Å². The number of rotatable bonds is 4. The van der Waals surface area contributed by atoms with E-state index in [0.717, 1.165) is 25.7 Å². The van der Waals surface area contributed by atoms with Gasteiger partial charge in [-0.2, -0.15) is 10.2 Å². The third kappa shape index (κ3) is 3.85. The summed E-state index contributed by atoms with van der Waals surface area (Å²) in [5.41, 5.74) is 0.241. The lowest BCUT2D eigenvalue weighted by molar-refractivity contribution is -0.0794. The van der Waals surface area contributed by atoms with Crippen LogP contribution in [0.4, 0.5) is 20.5 Å². The molecule has 3 N–H and O–H groups in total. The van der Waals surface area contributed by atoms with Crippen molar-refractivity contribution in [3.8, 4) is 6.07 Å². The average Bonchev–Trinajstić information content (AvgIpc) is 2.48. The molecule has 0 radical (unpaired) electrons. The molecule has 2 aliphatic rings. The molecule has 2 saturated carbocycles. The van der Waals surface area contributed by atoms with Crippen molar-refractivity contribution in [1.29, 1.82) is 5.26 Å². The summed E-state index contributed by atoms with van der Waals surface area (Å²) in [6.07, 6.45) is 3.77. The first kappa shape index (κ1) is 15.9. The fourth-order valence-corrected chi connectivity index (χ4v) is 3.00. The second kappa shape index (κ2) is 6.24. The molecule has 1 heterocycles. The lowest BCUT2D eigenvalue weighted by atomic mass is 9.88. The van der Waals surface area contributed by atoms with Crippen molar-refractivity contribution in [3.63, 3.8) is 0 Å². The van der Waals surface area contributed by atoms with Gasteiger partial charge in [-0.15, -0.1) is 0 Å². The number of alkyl halides is 2. The Balaban J connectivity index is 1.65. The number of anilines is 2. The second-order valence-corrected chi connectivity index (χ2v) is 6.32.